The number of benzene rings is 1. The number of rotatable bonds is 4. The Kier molecular flexibility index (Phi) is 4.52. The second-order valence-electron chi connectivity index (χ2n) is 6.20. The average molecular weight is 406 g/mol. The Labute approximate surface area is 158 Å². The molecule has 0 aliphatic carbocycles. The summed E-state index contributed by atoms with van der Waals surface area (Å²) in [5.41, 5.74) is 0.438. The molecule has 1 aliphatic heterocycles. The molecule has 10 heteroatoms. The number of nitrogens with one attached hydrogen (secondary N) is 1. The molecule has 0 spiro atoms. The number of aromatic nitrogens is 3. The van der Waals surface area contributed by atoms with Gasteiger partial charge in [0.2, 0.25) is 5.82 Å². The molecule has 1 fully saturated rings. The summed E-state index contributed by atoms with van der Waals surface area (Å²) in [6, 6.07) is 9.06. The van der Waals surface area contributed by atoms with Crippen molar-refractivity contribution in [3.05, 3.63) is 53.4 Å². The first kappa shape index (κ1) is 17.8. The maximum Gasteiger partial charge on any atom is 0.291 e. The Morgan fingerprint density at radius 2 is 2.15 bits per heavy atom. The fourth-order valence-corrected chi connectivity index (χ4v) is 5.29. The highest BCUT2D eigenvalue weighted by Gasteiger charge is 2.30. The number of sulfone groups is 1. The minimum absolute atomic E-state index is 0.0591. The average Bonchev–Trinajstić information content (AvgIpc) is 3.33. The minimum atomic E-state index is -3.11. The van der Waals surface area contributed by atoms with Crippen LogP contribution in [-0.2, 0) is 9.84 Å². The van der Waals surface area contributed by atoms with Crippen LogP contribution in [-0.4, -0.2) is 46.6 Å². The van der Waals surface area contributed by atoms with E-state index in [0.717, 1.165) is 4.88 Å². The van der Waals surface area contributed by atoms with Gasteiger partial charge >= 0.3 is 0 Å². The minimum Gasteiger partial charge on any atom is -0.345 e. The Balaban J connectivity index is 1.68. The second-order valence-corrected chi connectivity index (χ2v) is 9.38. The Morgan fingerprint density at radius 1 is 1.30 bits per heavy atom. The monoisotopic (exact) mass is 406 g/mol. The van der Waals surface area contributed by atoms with Crippen molar-refractivity contribution in [1.29, 1.82) is 0 Å². The first-order valence-electron chi connectivity index (χ1n) is 8.19. The third-order valence-electron chi connectivity index (χ3n) is 4.17. The highest BCUT2D eigenvalue weighted by Crippen LogP contribution is 2.26. The lowest BCUT2D eigenvalue weighted by Crippen LogP contribution is -2.36. The fourth-order valence-electron chi connectivity index (χ4n) is 2.92. The van der Waals surface area contributed by atoms with Crippen LogP contribution in [0.25, 0.3) is 16.4 Å². The predicted octanol–water partition coefficient (Wildman–Crippen LogP) is 2.05. The number of halogens is 1. The predicted molar refractivity (Wildman–Crippen MR) is 99.2 cm³/mol. The van der Waals surface area contributed by atoms with Crippen LogP contribution < -0.4 is 5.32 Å². The molecule has 2 aromatic heterocycles. The van der Waals surface area contributed by atoms with Gasteiger partial charge in [-0.2, -0.15) is 0 Å². The normalized spacial score (nSPS) is 18.5. The van der Waals surface area contributed by atoms with E-state index >= 15 is 0 Å². The maximum absolute atomic E-state index is 13.6. The smallest absolute Gasteiger partial charge is 0.291 e. The van der Waals surface area contributed by atoms with E-state index in [1.807, 2.05) is 17.5 Å². The summed E-state index contributed by atoms with van der Waals surface area (Å²) in [5, 5.41) is 8.78. The third-order valence-corrected chi connectivity index (χ3v) is 6.81. The standard InChI is InChI=1S/C17H15FN4O3S2/c18-11-3-1-4-13(9-11)22-16(14-5-2-7-26-14)20-15(21-22)17(23)19-12-6-8-27(24,25)10-12/h1-5,7,9,12H,6,8,10H2,(H,19,23)/t12-/m1/s1. The number of carbonyl (C=O) groups excluding carboxylic acids is 1. The molecule has 4 rings (SSSR count). The van der Waals surface area contributed by atoms with Gasteiger partial charge in [0.25, 0.3) is 5.91 Å². The lowest BCUT2D eigenvalue weighted by molar-refractivity contribution is 0.0930. The van der Waals surface area contributed by atoms with E-state index in [9.17, 15) is 17.6 Å². The topological polar surface area (TPSA) is 94.0 Å². The van der Waals surface area contributed by atoms with Gasteiger partial charge < -0.3 is 5.32 Å². The molecule has 1 atom stereocenters. The summed E-state index contributed by atoms with van der Waals surface area (Å²) in [6.07, 6.45) is 0.371. The summed E-state index contributed by atoms with van der Waals surface area (Å²) in [5.74, 6) is -0.677. The molecule has 1 aliphatic rings. The van der Waals surface area contributed by atoms with Crippen molar-refractivity contribution in [2.24, 2.45) is 0 Å². The first-order valence-corrected chi connectivity index (χ1v) is 10.9. The Morgan fingerprint density at radius 3 is 2.81 bits per heavy atom. The quantitative estimate of drug-likeness (QED) is 0.716. The van der Waals surface area contributed by atoms with Crippen molar-refractivity contribution < 1.29 is 17.6 Å². The van der Waals surface area contributed by atoms with E-state index in [4.69, 9.17) is 0 Å². The molecular formula is C17H15FN4O3S2. The zero-order valence-electron chi connectivity index (χ0n) is 14.0. The molecule has 27 heavy (non-hydrogen) atoms. The highest BCUT2D eigenvalue weighted by atomic mass is 32.2. The lowest BCUT2D eigenvalue weighted by atomic mass is 10.2. The maximum atomic E-state index is 13.6. The summed E-state index contributed by atoms with van der Waals surface area (Å²) >= 11 is 1.42. The molecule has 0 radical (unpaired) electrons. The molecule has 7 nitrogen and oxygen atoms in total. The zero-order valence-corrected chi connectivity index (χ0v) is 15.6. The second kappa shape index (κ2) is 6.86. The van der Waals surface area contributed by atoms with E-state index in [-0.39, 0.29) is 17.3 Å². The van der Waals surface area contributed by atoms with E-state index in [1.165, 1.54) is 28.2 Å². The molecule has 1 N–H and O–H groups in total. The molecule has 1 aromatic carbocycles. The van der Waals surface area contributed by atoms with Crippen LogP contribution >= 0.6 is 11.3 Å². The van der Waals surface area contributed by atoms with Gasteiger partial charge in [0.1, 0.15) is 5.82 Å². The fraction of sp³-hybridized carbons (Fsp3) is 0.235. The van der Waals surface area contributed by atoms with Gasteiger partial charge in [-0.3, -0.25) is 4.79 Å². The van der Waals surface area contributed by atoms with Gasteiger partial charge in [0, 0.05) is 6.04 Å². The molecule has 0 saturated carbocycles. The van der Waals surface area contributed by atoms with Crippen molar-refractivity contribution in [2.45, 2.75) is 12.5 Å². The number of carbonyl (C=O) groups is 1. The Hall–Kier alpha value is -2.59. The van der Waals surface area contributed by atoms with Gasteiger partial charge in [0.15, 0.2) is 15.7 Å². The number of nitrogens with zero attached hydrogens (tertiary/aromatic N) is 3. The van der Waals surface area contributed by atoms with Crippen molar-refractivity contribution in [2.75, 3.05) is 11.5 Å². The van der Waals surface area contributed by atoms with Crippen LogP contribution in [0.3, 0.4) is 0 Å². The van der Waals surface area contributed by atoms with E-state index in [1.54, 1.807) is 12.1 Å². The molecule has 0 unspecified atom stereocenters. The van der Waals surface area contributed by atoms with Gasteiger partial charge in [-0.05, 0) is 36.1 Å². The van der Waals surface area contributed by atoms with Crippen LogP contribution in [0, 0.1) is 5.82 Å². The third kappa shape index (κ3) is 3.76. The summed E-state index contributed by atoms with van der Waals surface area (Å²) in [4.78, 5) is 17.6. The van der Waals surface area contributed by atoms with Crippen molar-refractivity contribution in [3.63, 3.8) is 0 Å². The van der Waals surface area contributed by atoms with Gasteiger partial charge in [-0.15, -0.1) is 16.4 Å². The van der Waals surface area contributed by atoms with Crippen molar-refractivity contribution in [1.82, 2.24) is 20.1 Å². The summed E-state index contributed by atoms with van der Waals surface area (Å²) in [7, 11) is -3.11. The SMILES string of the molecule is O=C(N[C@@H]1CCS(=O)(=O)C1)c1nc(-c2cccs2)n(-c2cccc(F)c2)n1. The lowest BCUT2D eigenvalue weighted by Gasteiger charge is -2.08. The molecular weight excluding hydrogens is 391 g/mol. The van der Waals surface area contributed by atoms with Gasteiger partial charge in [-0.1, -0.05) is 12.1 Å². The summed E-state index contributed by atoms with van der Waals surface area (Å²) in [6.45, 7) is 0. The van der Waals surface area contributed by atoms with Gasteiger partial charge in [-0.25, -0.2) is 22.5 Å². The molecule has 3 heterocycles. The number of hydrogen-bond donors (Lipinski definition) is 1. The van der Waals surface area contributed by atoms with Crippen LogP contribution in [0.5, 0.6) is 0 Å². The number of amides is 1. The largest absolute Gasteiger partial charge is 0.345 e. The molecule has 1 saturated heterocycles. The van der Waals surface area contributed by atoms with Crippen molar-refractivity contribution in [3.8, 4) is 16.4 Å². The molecule has 3 aromatic rings. The van der Waals surface area contributed by atoms with Crippen LogP contribution in [0.2, 0.25) is 0 Å². The Bertz CT molecular complexity index is 1090. The molecule has 1 amide bonds. The first-order chi connectivity index (χ1) is 12.9. The number of thiophene rings is 1. The van der Waals surface area contributed by atoms with Crippen LogP contribution in [0.15, 0.2) is 41.8 Å². The molecule has 140 valence electrons. The highest BCUT2D eigenvalue weighted by molar-refractivity contribution is 7.91. The zero-order chi connectivity index (χ0) is 19.0. The molecule has 0 bridgehead atoms. The van der Waals surface area contributed by atoms with Gasteiger partial charge in [0.05, 0.1) is 22.1 Å². The van der Waals surface area contributed by atoms with E-state index in [0.29, 0.717) is 17.9 Å². The van der Waals surface area contributed by atoms with E-state index < -0.39 is 27.6 Å². The van der Waals surface area contributed by atoms with E-state index in [2.05, 4.69) is 15.4 Å². The van der Waals surface area contributed by atoms with Crippen LogP contribution in [0.4, 0.5) is 4.39 Å². The number of hydrogen-bond acceptors (Lipinski definition) is 6. The van der Waals surface area contributed by atoms with Crippen molar-refractivity contribution >= 4 is 27.1 Å². The van der Waals surface area contributed by atoms with Crippen LogP contribution in [0.1, 0.15) is 17.0 Å². The summed E-state index contributed by atoms with van der Waals surface area (Å²) < 4.78 is 38.2.